The molecule has 0 N–H and O–H groups in total. The Balaban J connectivity index is 1.04. The lowest BCUT2D eigenvalue weighted by Crippen LogP contribution is -2.30. The van der Waals surface area contributed by atoms with Crippen molar-refractivity contribution in [1.82, 2.24) is 9.13 Å². The molecule has 2 aliphatic carbocycles. The zero-order valence-electron chi connectivity index (χ0n) is 41.5. The molecule has 4 aromatic heterocycles. The van der Waals surface area contributed by atoms with Crippen LogP contribution in [0.3, 0.4) is 0 Å². The van der Waals surface area contributed by atoms with Crippen molar-refractivity contribution < 1.29 is 8.83 Å². The summed E-state index contributed by atoms with van der Waals surface area (Å²) in [6, 6.07) is 94.9. The second-order valence-electron chi connectivity index (χ2n) is 21.0. The molecule has 0 saturated carbocycles. The second-order valence-corrected chi connectivity index (χ2v) is 21.0. The number of aromatic nitrogens is 2. The molecule has 0 atom stereocenters. The Labute approximate surface area is 441 Å². The van der Waals surface area contributed by atoms with Gasteiger partial charge in [0.1, 0.15) is 22.3 Å². The monoisotopic (exact) mass is 978 g/mol. The molecular weight excluding hydrogens is 937 g/mol. The van der Waals surface area contributed by atoms with Crippen LogP contribution in [0.5, 0.6) is 0 Å². The van der Waals surface area contributed by atoms with E-state index in [1.165, 1.54) is 88.3 Å². The highest BCUT2D eigenvalue weighted by molar-refractivity contribution is 6.16. The van der Waals surface area contributed by atoms with Crippen LogP contribution < -0.4 is 0 Å². The topological polar surface area (TPSA) is 36.1 Å². The van der Waals surface area contributed by atoms with Crippen molar-refractivity contribution >= 4 is 87.5 Å². The minimum atomic E-state index is -0.811. The molecule has 4 heterocycles. The predicted molar refractivity (Wildman–Crippen MR) is 317 cm³/mol. The summed E-state index contributed by atoms with van der Waals surface area (Å²) in [7, 11) is 0. The van der Waals surface area contributed by atoms with Crippen molar-refractivity contribution in [1.29, 1.82) is 0 Å². The summed E-state index contributed by atoms with van der Waals surface area (Å²) in [6.45, 7) is 0. The van der Waals surface area contributed by atoms with Crippen LogP contribution in [0.25, 0.3) is 143 Å². The lowest BCUT2D eigenvalue weighted by atomic mass is 9.64. The molecule has 0 aliphatic heterocycles. The summed E-state index contributed by atoms with van der Waals surface area (Å²) >= 11 is 0. The van der Waals surface area contributed by atoms with E-state index in [0.717, 1.165) is 77.3 Å². The van der Waals surface area contributed by atoms with Gasteiger partial charge in [-0.3, -0.25) is 0 Å². The van der Waals surface area contributed by atoms with Gasteiger partial charge in [0.2, 0.25) is 0 Å². The molecule has 0 radical (unpaired) electrons. The van der Waals surface area contributed by atoms with Crippen LogP contribution in [0, 0.1) is 0 Å². The molecular formula is C73H42N2O2. The smallest absolute Gasteiger partial charge is 0.135 e. The summed E-state index contributed by atoms with van der Waals surface area (Å²) in [5.74, 6) is 0. The number of benzene rings is 12. The van der Waals surface area contributed by atoms with E-state index in [2.05, 4.69) is 252 Å². The largest absolute Gasteiger partial charge is 0.456 e. The average molecular weight is 979 g/mol. The molecule has 18 rings (SSSR count). The van der Waals surface area contributed by atoms with E-state index in [1.54, 1.807) is 0 Å². The van der Waals surface area contributed by atoms with Gasteiger partial charge in [-0.15, -0.1) is 0 Å². The SMILES string of the molecule is c1ccc2c(c1)-c1ccccc1-c1cc3c4ccccc4n(-c4ccc5oc6ccccc6c5c4)c3cc1C1(c3cc4c5ccccc5n(-c5ccc6oc7ccccc7c6c5)c4cc3-2)c2ccccc2-c2ccccc21. The fraction of sp³-hybridized carbons (Fsp3) is 0.0137. The molecule has 0 saturated heterocycles. The Morgan fingerprint density at radius 1 is 0.221 bits per heavy atom. The van der Waals surface area contributed by atoms with Crippen LogP contribution in [-0.2, 0) is 5.41 Å². The van der Waals surface area contributed by atoms with Crippen molar-refractivity contribution in [2.45, 2.75) is 5.41 Å². The van der Waals surface area contributed by atoms with E-state index in [0.29, 0.717) is 0 Å². The first kappa shape index (κ1) is 41.2. The molecule has 77 heavy (non-hydrogen) atoms. The van der Waals surface area contributed by atoms with Crippen molar-refractivity contribution in [3.05, 3.63) is 277 Å². The summed E-state index contributed by atoms with van der Waals surface area (Å²) in [4.78, 5) is 0. The van der Waals surface area contributed by atoms with E-state index in [4.69, 9.17) is 8.83 Å². The number of hydrogen-bond donors (Lipinski definition) is 0. The van der Waals surface area contributed by atoms with E-state index in [1.807, 2.05) is 12.1 Å². The maximum absolute atomic E-state index is 6.43. The second kappa shape index (κ2) is 15.0. The zero-order chi connectivity index (χ0) is 50.1. The summed E-state index contributed by atoms with van der Waals surface area (Å²) < 4.78 is 17.8. The standard InChI is InChI=1S/C73H42N2O2/c1-3-19-47-45(17-1)46-18-2-4-20-48(46)56-41-67-58(52-24-8-14-30-66(52)74(67)43-33-35-71-59(37-43)53-25-9-15-31-69(53)76-71)40-63(56)73(61-27-11-5-21-49(61)50-22-6-12-28-62(50)73)64-42-68-57(39-55(47)64)51-23-7-13-29-65(51)75(68)44-34-36-72-60(38-44)54-26-10-16-32-70(54)77-72/h1-42H. The average Bonchev–Trinajstić information content (AvgIpc) is 4.47. The van der Waals surface area contributed by atoms with Crippen molar-refractivity contribution in [3.63, 3.8) is 0 Å². The fourth-order valence-electron chi connectivity index (χ4n) is 14.2. The molecule has 4 heteroatoms. The van der Waals surface area contributed by atoms with Gasteiger partial charge in [-0.2, -0.15) is 0 Å². The fourth-order valence-corrected chi connectivity index (χ4v) is 14.2. The van der Waals surface area contributed by atoms with E-state index >= 15 is 0 Å². The molecule has 356 valence electrons. The van der Waals surface area contributed by atoms with Gasteiger partial charge in [0.15, 0.2) is 0 Å². The first-order chi connectivity index (χ1) is 38.2. The van der Waals surface area contributed by atoms with Crippen LogP contribution in [0.4, 0.5) is 0 Å². The minimum absolute atomic E-state index is 0.811. The lowest BCUT2D eigenvalue weighted by molar-refractivity contribution is 0.668. The quantitative estimate of drug-likeness (QED) is 0.173. The third-order valence-corrected chi connectivity index (χ3v) is 17.3. The van der Waals surface area contributed by atoms with Crippen LogP contribution in [-0.4, -0.2) is 9.13 Å². The van der Waals surface area contributed by atoms with Crippen LogP contribution in [0.15, 0.2) is 264 Å². The first-order valence-electron chi connectivity index (χ1n) is 26.6. The van der Waals surface area contributed by atoms with Crippen LogP contribution in [0.2, 0.25) is 0 Å². The normalized spacial score (nSPS) is 13.3. The van der Waals surface area contributed by atoms with Gasteiger partial charge in [0, 0.05) is 54.5 Å². The minimum Gasteiger partial charge on any atom is -0.456 e. The molecule has 0 fully saturated rings. The zero-order valence-corrected chi connectivity index (χ0v) is 41.5. The number of para-hydroxylation sites is 4. The molecule has 4 nitrogen and oxygen atoms in total. The van der Waals surface area contributed by atoms with Gasteiger partial charge in [-0.05, 0) is 152 Å². The van der Waals surface area contributed by atoms with E-state index in [-0.39, 0.29) is 0 Å². The number of hydrogen-bond acceptors (Lipinski definition) is 2. The highest BCUT2D eigenvalue weighted by Gasteiger charge is 2.50. The summed E-state index contributed by atoms with van der Waals surface area (Å²) in [5, 5.41) is 9.24. The highest BCUT2D eigenvalue weighted by atomic mass is 16.3. The van der Waals surface area contributed by atoms with Gasteiger partial charge in [0.05, 0.1) is 27.5 Å². The van der Waals surface area contributed by atoms with Crippen molar-refractivity contribution in [2.24, 2.45) is 0 Å². The Morgan fingerprint density at radius 3 is 1.13 bits per heavy atom. The first-order valence-corrected chi connectivity index (χ1v) is 26.6. The summed E-state index contributed by atoms with van der Waals surface area (Å²) in [5.41, 5.74) is 24.2. The Kier molecular flexibility index (Phi) is 8.03. The van der Waals surface area contributed by atoms with Gasteiger partial charge in [0.25, 0.3) is 0 Å². The Bertz CT molecular complexity index is 5200. The van der Waals surface area contributed by atoms with Gasteiger partial charge >= 0.3 is 0 Å². The lowest BCUT2D eigenvalue weighted by Gasteiger charge is -2.37. The van der Waals surface area contributed by atoms with Crippen LogP contribution >= 0.6 is 0 Å². The number of nitrogens with zero attached hydrogens (tertiary/aromatic N) is 2. The number of rotatable bonds is 2. The van der Waals surface area contributed by atoms with Crippen LogP contribution in [0.1, 0.15) is 22.3 Å². The molecule has 12 aromatic carbocycles. The third-order valence-electron chi connectivity index (χ3n) is 17.3. The van der Waals surface area contributed by atoms with Crippen molar-refractivity contribution in [2.75, 3.05) is 0 Å². The van der Waals surface area contributed by atoms with E-state index < -0.39 is 5.41 Å². The maximum atomic E-state index is 6.43. The number of furan rings is 2. The molecule has 0 unspecified atom stereocenters. The third kappa shape index (κ3) is 5.36. The van der Waals surface area contributed by atoms with Gasteiger partial charge < -0.3 is 18.0 Å². The van der Waals surface area contributed by atoms with E-state index in [9.17, 15) is 0 Å². The predicted octanol–water partition coefficient (Wildman–Crippen LogP) is 19.4. The number of fused-ring (bicyclic) bond motifs is 26. The molecule has 0 amide bonds. The molecule has 1 spiro atoms. The Hall–Kier alpha value is -10.2. The maximum Gasteiger partial charge on any atom is 0.135 e. The summed E-state index contributed by atoms with van der Waals surface area (Å²) in [6.07, 6.45) is 0. The molecule has 0 bridgehead atoms. The van der Waals surface area contributed by atoms with Gasteiger partial charge in [-0.1, -0.05) is 170 Å². The highest BCUT2D eigenvalue weighted by Crippen LogP contribution is 2.62. The molecule has 16 aromatic rings. The Morgan fingerprint density at radius 2 is 0.597 bits per heavy atom. The van der Waals surface area contributed by atoms with Crippen molar-refractivity contribution in [3.8, 4) is 55.9 Å². The molecule has 2 aliphatic rings. The van der Waals surface area contributed by atoms with Gasteiger partial charge in [-0.25, -0.2) is 0 Å².